The summed E-state index contributed by atoms with van der Waals surface area (Å²) in [6, 6.07) is 5.08. The van der Waals surface area contributed by atoms with Crippen LogP contribution in [0.25, 0.3) is 0 Å². The molecule has 0 bridgehead atoms. The minimum atomic E-state index is -0.394. The third kappa shape index (κ3) is 3.42. The van der Waals surface area contributed by atoms with Crippen LogP contribution in [0.3, 0.4) is 0 Å². The second-order valence-electron chi connectivity index (χ2n) is 3.98. The Bertz CT molecular complexity index is 623. The van der Waals surface area contributed by atoms with Crippen LogP contribution in [0.15, 0.2) is 18.2 Å². The maximum absolute atomic E-state index is 11.9. The van der Waals surface area contributed by atoms with Crippen molar-refractivity contribution >= 4 is 51.4 Å². The van der Waals surface area contributed by atoms with Gasteiger partial charge in [0.2, 0.25) is 0 Å². The van der Waals surface area contributed by atoms with Gasteiger partial charge in [-0.25, -0.2) is 4.79 Å². The molecule has 2 aromatic rings. The van der Waals surface area contributed by atoms with E-state index in [2.05, 4.69) is 9.69 Å². The van der Waals surface area contributed by atoms with Crippen molar-refractivity contribution in [3.05, 3.63) is 39.5 Å². The highest BCUT2D eigenvalue weighted by atomic mass is 35.5. The Balaban J connectivity index is 2.32. The van der Waals surface area contributed by atoms with Crippen LogP contribution in [-0.2, 0) is 4.74 Å². The summed E-state index contributed by atoms with van der Waals surface area (Å²) in [5, 5.41) is 4.74. The van der Waals surface area contributed by atoms with E-state index in [1.807, 2.05) is 0 Å². The van der Waals surface area contributed by atoms with E-state index in [9.17, 15) is 4.79 Å². The van der Waals surface area contributed by atoms with Gasteiger partial charge >= 0.3 is 5.97 Å². The van der Waals surface area contributed by atoms with E-state index < -0.39 is 5.97 Å². The number of hydrogen-bond acceptors (Lipinski definition) is 5. The topological polar surface area (TPSA) is 51.2 Å². The zero-order valence-corrected chi connectivity index (χ0v) is 13.2. The standard InChI is InChI=1S/C13H12Cl2N2O2S/c1-3-19-13(18)11-7(2)17-20-12(11)16-10-5-8(14)4-9(15)6-10/h4-6,16H,3H2,1-2H3. The predicted octanol–water partition coefficient (Wildman–Crippen LogP) is 4.68. The fourth-order valence-electron chi connectivity index (χ4n) is 1.66. The molecular formula is C13H12Cl2N2O2S. The first-order valence-electron chi connectivity index (χ1n) is 5.87. The molecule has 2 rings (SSSR count). The van der Waals surface area contributed by atoms with Gasteiger partial charge in [-0.15, -0.1) is 0 Å². The number of ether oxygens (including phenoxy) is 1. The van der Waals surface area contributed by atoms with Crippen LogP contribution in [0, 0.1) is 6.92 Å². The normalized spacial score (nSPS) is 10.4. The Kier molecular flexibility index (Phi) is 4.86. The molecule has 1 N–H and O–H groups in total. The first-order valence-corrected chi connectivity index (χ1v) is 7.40. The molecule has 1 heterocycles. The molecule has 0 spiro atoms. The molecule has 0 aliphatic heterocycles. The van der Waals surface area contributed by atoms with Crippen molar-refractivity contribution in [3.63, 3.8) is 0 Å². The third-order valence-corrected chi connectivity index (χ3v) is 3.75. The minimum Gasteiger partial charge on any atom is -0.462 e. The largest absolute Gasteiger partial charge is 0.462 e. The number of rotatable bonds is 4. The maximum Gasteiger partial charge on any atom is 0.343 e. The second kappa shape index (κ2) is 6.43. The molecule has 7 heteroatoms. The summed E-state index contributed by atoms with van der Waals surface area (Å²) in [7, 11) is 0. The van der Waals surface area contributed by atoms with Gasteiger partial charge in [0.15, 0.2) is 0 Å². The lowest BCUT2D eigenvalue weighted by molar-refractivity contribution is 0.0527. The van der Waals surface area contributed by atoms with Gasteiger partial charge in [-0.2, -0.15) is 4.37 Å². The van der Waals surface area contributed by atoms with Crippen LogP contribution >= 0.6 is 34.7 Å². The molecule has 20 heavy (non-hydrogen) atoms. The molecule has 0 saturated carbocycles. The average molecular weight is 331 g/mol. The van der Waals surface area contributed by atoms with Gasteiger partial charge in [0.25, 0.3) is 0 Å². The predicted molar refractivity (Wildman–Crippen MR) is 82.6 cm³/mol. The molecular weight excluding hydrogens is 319 g/mol. The molecule has 0 saturated heterocycles. The molecule has 4 nitrogen and oxygen atoms in total. The zero-order chi connectivity index (χ0) is 14.7. The van der Waals surface area contributed by atoms with E-state index in [4.69, 9.17) is 27.9 Å². The maximum atomic E-state index is 11.9. The summed E-state index contributed by atoms with van der Waals surface area (Å²) in [5.41, 5.74) is 1.76. The number of nitrogens with one attached hydrogen (secondary N) is 1. The minimum absolute atomic E-state index is 0.316. The number of aryl methyl sites for hydroxylation is 1. The molecule has 0 fully saturated rings. The van der Waals surface area contributed by atoms with Crippen molar-refractivity contribution < 1.29 is 9.53 Å². The van der Waals surface area contributed by atoms with Crippen molar-refractivity contribution in [1.29, 1.82) is 0 Å². The number of nitrogens with zero attached hydrogens (tertiary/aromatic N) is 1. The number of anilines is 2. The molecule has 1 aromatic heterocycles. The number of benzene rings is 1. The molecule has 1 aromatic carbocycles. The van der Waals surface area contributed by atoms with Gasteiger partial charge in [-0.05, 0) is 43.6 Å². The Morgan fingerprint density at radius 3 is 2.60 bits per heavy atom. The average Bonchev–Trinajstić information content (AvgIpc) is 2.69. The van der Waals surface area contributed by atoms with E-state index in [1.54, 1.807) is 32.0 Å². The van der Waals surface area contributed by atoms with Crippen molar-refractivity contribution in [3.8, 4) is 0 Å². The van der Waals surface area contributed by atoms with Crippen LogP contribution < -0.4 is 5.32 Å². The first-order chi connectivity index (χ1) is 9.51. The van der Waals surface area contributed by atoms with E-state index in [-0.39, 0.29) is 0 Å². The van der Waals surface area contributed by atoms with Crippen molar-refractivity contribution in [2.45, 2.75) is 13.8 Å². The van der Waals surface area contributed by atoms with Crippen LogP contribution in [0.4, 0.5) is 10.7 Å². The van der Waals surface area contributed by atoms with Gasteiger partial charge in [-0.1, -0.05) is 23.2 Å². The molecule has 0 atom stereocenters. The SMILES string of the molecule is CCOC(=O)c1c(C)nsc1Nc1cc(Cl)cc(Cl)c1. The summed E-state index contributed by atoms with van der Waals surface area (Å²) in [6.45, 7) is 3.84. The fourth-order valence-corrected chi connectivity index (χ4v) is 2.99. The molecule has 0 aliphatic rings. The van der Waals surface area contributed by atoms with Crippen LogP contribution in [0.1, 0.15) is 23.0 Å². The number of aromatic nitrogens is 1. The van der Waals surface area contributed by atoms with Gasteiger partial charge in [0, 0.05) is 15.7 Å². The van der Waals surface area contributed by atoms with Gasteiger partial charge in [0.05, 0.1) is 12.3 Å². The monoisotopic (exact) mass is 330 g/mol. The van der Waals surface area contributed by atoms with E-state index in [0.717, 1.165) is 0 Å². The molecule has 0 aliphatic carbocycles. The number of carbonyl (C=O) groups is 1. The summed E-state index contributed by atoms with van der Waals surface area (Å²) in [4.78, 5) is 11.9. The second-order valence-corrected chi connectivity index (χ2v) is 5.62. The lowest BCUT2D eigenvalue weighted by Gasteiger charge is -2.08. The Labute approximate surface area is 130 Å². The molecule has 0 amide bonds. The number of halogens is 2. The molecule has 106 valence electrons. The third-order valence-electron chi connectivity index (χ3n) is 2.46. The quantitative estimate of drug-likeness (QED) is 0.827. The number of hydrogen-bond donors (Lipinski definition) is 1. The Morgan fingerprint density at radius 1 is 1.35 bits per heavy atom. The Hall–Kier alpha value is -1.30. The summed E-state index contributed by atoms with van der Waals surface area (Å²) in [5.74, 6) is -0.394. The van der Waals surface area contributed by atoms with Gasteiger partial charge in [0.1, 0.15) is 10.6 Å². The fraction of sp³-hybridized carbons (Fsp3) is 0.231. The summed E-state index contributed by atoms with van der Waals surface area (Å²) < 4.78 is 9.20. The van der Waals surface area contributed by atoms with Crippen molar-refractivity contribution in [2.75, 3.05) is 11.9 Å². The lowest BCUT2D eigenvalue weighted by atomic mass is 10.2. The Morgan fingerprint density at radius 2 is 2.00 bits per heavy atom. The number of esters is 1. The van der Waals surface area contributed by atoms with Gasteiger partial charge in [-0.3, -0.25) is 0 Å². The zero-order valence-electron chi connectivity index (χ0n) is 10.9. The summed E-state index contributed by atoms with van der Waals surface area (Å²) in [6.07, 6.45) is 0. The van der Waals surface area contributed by atoms with E-state index in [0.29, 0.717) is 38.6 Å². The highest BCUT2D eigenvalue weighted by Gasteiger charge is 2.19. The van der Waals surface area contributed by atoms with Crippen molar-refractivity contribution in [1.82, 2.24) is 4.37 Å². The molecule has 0 unspecified atom stereocenters. The first kappa shape index (κ1) is 15.1. The van der Waals surface area contributed by atoms with E-state index >= 15 is 0 Å². The smallest absolute Gasteiger partial charge is 0.343 e. The summed E-state index contributed by atoms with van der Waals surface area (Å²) >= 11 is 13.1. The van der Waals surface area contributed by atoms with Crippen molar-refractivity contribution in [2.24, 2.45) is 0 Å². The highest BCUT2D eigenvalue weighted by Crippen LogP contribution is 2.31. The van der Waals surface area contributed by atoms with E-state index in [1.165, 1.54) is 11.5 Å². The van der Waals surface area contributed by atoms with Crippen LogP contribution in [-0.4, -0.2) is 16.9 Å². The highest BCUT2D eigenvalue weighted by molar-refractivity contribution is 7.10. The van der Waals surface area contributed by atoms with Gasteiger partial charge < -0.3 is 10.1 Å². The molecule has 0 radical (unpaired) electrons. The lowest BCUT2D eigenvalue weighted by Crippen LogP contribution is -2.07. The van der Waals surface area contributed by atoms with Crippen LogP contribution in [0.2, 0.25) is 10.0 Å². The number of carbonyl (C=O) groups excluding carboxylic acids is 1. The van der Waals surface area contributed by atoms with Crippen LogP contribution in [0.5, 0.6) is 0 Å².